The minimum absolute atomic E-state index is 0.150. The Bertz CT molecular complexity index is 971. The lowest BCUT2D eigenvalue weighted by Gasteiger charge is -2.14. The molecule has 2 N–H and O–H groups in total. The summed E-state index contributed by atoms with van der Waals surface area (Å²) in [6.07, 6.45) is 1.66. The molecule has 1 unspecified atom stereocenters. The van der Waals surface area contributed by atoms with Crippen molar-refractivity contribution in [2.45, 2.75) is 37.2 Å². The van der Waals surface area contributed by atoms with Gasteiger partial charge >= 0.3 is 0 Å². The van der Waals surface area contributed by atoms with E-state index in [0.717, 1.165) is 0 Å². The van der Waals surface area contributed by atoms with Crippen LogP contribution in [0.1, 0.15) is 26.8 Å². The SMILES string of the molecule is COc1ccc(Cl)cc1-c1nc(SC(C)C(=O)Nc2ccnn2C(C)C)n[nH]1. The molecule has 0 aliphatic rings. The molecular weight excluding hydrogens is 400 g/mol. The summed E-state index contributed by atoms with van der Waals surface area (Å²) in [5.74, 6) is 1.66. The van der Waals surface area contributed by atoms with Gasteiger partial charge in [-0.05, 0) is 39.0 Å². The zero-order valence-corrected chi connectivity index (χ0v) is 17.5. The summed E-state index contributed by atoms with van der Waals surface area (Å²) in [5, 5.41) is 14.8. The third-order valence-corrected chi connectivity index (χ3v) is 5.14. The average molecular weight is 421 g/mol. The molecule has 0 radical (unpaired) electrons. The number of nitrogens with zero attached hydrogens (tertiary/aromatic N) is 4. The van der Waals surface area contributed by atoms with E-state index in [1.54, 1.807) is 49.2 Å². The van der Waals surface area contributed by atoms with E-state index in [0.29, 0.717) is 33.1 Å². The number of aromatic amines is 1. The molecule has 0 saturated heterocycles. The minimum atomic E-state index is -0.402. The highest BCUT2D eigenvalue weighted by Crippen LogP contribution is 2.31. The maximum Gasteiger partial charge on any atom is 0.238 e. The quantitative estimate of drug-likeness (QED) is 0.560. The van der Waals surface area contributed by atoms with Gasteiger partial charge in [0, 0.05) is 17.1 Å². The van der Waals surface area contributed by atoms with Gasteiger partial charge in [0.1, 0.15) is 11.6 Å². The number of carbonyl (C=O) groups is 1. The second-order valence-electron chi connectivity index (χ2n) is 6.32. The number of nitrogens with one attached hydrogen (secondary N) is 2. The molecule has 0 fully saturated rings. The van der Waals surface area contributed by atoms with Crippen LogP contribution in [-0.4, -0.2) is 43.2 Å². The van der Waals surface area contributed by atoms with E-state index in [9.17, 15) is 4.79 Å². The summed E-state index contributed by atoms with van der Waals surface area (Å²) in [7, 11) is 1.58. The maximum absolute atomic E-state index is 12.5. The van der Waals surface area contributed by atoms with E-state index in [2.05, 4.69) is 25.6 Å². The van der Waals surface area contributed by atoms with Crippen molar-refractivity contribution < 1.29 is 9.53 Å². The molecule has 0 aliphatic heterocycles. The number of anilines is 1. The lowest BCUT2D eigenvalue weighted by Crippen LogP contribution is -2.24. The van der Waals surface area contributed by atoms with Crippen LogP contribution in [0.5, 0.6) is 5.75 Å². The van der Waals surface area contributed by atoms with Crippen molar-refractivity contribution in [3.63, 3.8) is 0 Å². The van der Waals surface area contributed by atoms with Crippen molar-refractivity contribution in [2.24, 2.45) is 0 Å². The molecule has 0 spiro atoms. The Kier molecular flexibility index (Phi) is 6.25. The highest BCUT2D eigenvalue weighted by molar-refractivity contribution is 8.00. The number of thioether (sulfide) groups is 1. The van der Waals surface area contributed by atoms with Gasteiger partial charge in [-0.1, -0.05) is 23.4 Å². The van der Waals surface area contributed by atoms with E-state index >= 15 is 0 Å². The fraction of sp³-hybridized carbons (Fsp3) is 0.333. The number of benzene rings is 1. The Hall–Kier alpha value is -2.52. The van der Waals surface area contributed by atoms with Gasteiger partial charge in [-0.25, -0.2) is 9.67 Å². The fourth-order valence-electron chi connectivity index (χ4n) is 2.55. The molecule has 0 saturated carbocycles. The Labute approximate surface area is 172 Å². The van der Waals surface area contributed by atoms with Gasteiger partial charge in [0.05, 0.1) is 24.1 Å². The monoisotopic (exact) mass is 420 g/mol. The minimum Gasteiger partial charge on any atom is -0.496 e. The number of amides is 1. The molecule has 1 aromatic carbocycles. The fourth-order valence-corrected chi connectivity index (χ4v) is 3.45. The van der Waals surface area contributed by atoms with Gasteiger partial charge < -0.3 is 10.1 Å². The van der Waals surface area contributed by atoms with Gasteiger partial charge in [-0.15, -0.1) is 5.10 Å². The van der Waals surface area contributed by atoms with Gasteiger partial charge in [0.25, 0.3) is 0 Å². The van der Waals surface area contributed by atoms with Crippen LogP contribution in [0.15, 0.2) is 35.6 Å². The highest BCUT2D eigenvalue weighted by Gasteiger charge is 2.20. The van der Waals surface area contributed by atoms with Crippen molar-refractivity contribution in [3.05, 3.63) is 35.5 Å². The number of methoxy groups -OCH3 is 1. The van der Waals surface area contributed by atoms with Crippen LogP contribution in [0.2, 0.25) is 5.02 Å². The first-order valence-corrected chi connectivity index (χ1v) is 9.92. The number of carbonyl (C=O) groups excluding carboxylic acids is 1. The number of aromatic nitrogens is 5. The Morgan fingerprint density at radius 1 is 1.32 bits per heavy atom. The van der Waals surface area contributed by atoms with Crippen molar-refractivity contribution >= 4 is 35.1 Å². The van der Waals surface area contributed by atoms with Crippen LogP contribution in [-0.2, 0) is 4.79 Å². The third kappa shape index (κ3) is 4.48. The molecule has 2 heterocycles. The van der Waals surface area contributed by atoms with Crippen LogP contribution in [0.25, 0.3) is 11.4 Å². The highest BCUT2D eigenvalue weighted by atomic mass is 35.5. The molecule has 10 heteroatoms. The normalized spacial score (nSPS) is 12.2. The zero-order chi connectivity index (χ0) is 20.3. The topological polar surface area (TPSA) is 97.7 Å². The number of ether oxygens (including phenoxy) is 1. The summed E-state index contributed by atoms with van der Waals surface area (Å²) in [4.78, 5) is 17.0. The summed E-state index contributed by atoms with van der Waals surface area (Å²) in [6, 6.07) is 7.17. The number of rotatable bonds is 7. The summed E-state index contributed by atoms with van der Waals surface area (Å²) < 4.78 is 7.10. The van der Waals surface area contributed by atoms with Crippen molar-refractivity contribution in [1.82, 2.24) is 25.0 Å². The Morgan fingerprint density at radius 3 is 2.82 bits per heavy atom. The Morgan fingerprint density at radius 2 is 2.11 bits per heavy atom. The molecule has 1 atom stereocenters. The van der Waals surface area contributed by atoms with Gasteiger partial charge in [-0.3, -0.25) is 9.89 Å². The molecule has 148 valence electrons. The lowest BCUT2D eigenvalue weighted by atomic mass is 10.2. The summed E-state index contributed by atoms with van der Waals surface area (Å²) >= 11 is 7.33. The predicted octanol–water partition coefficient (Wildman–Crippen LogP) is 4.03. The molecule has 3 aromatic rings. The molecule has 3 rings (SSSR count). The third-order valence-electron chi connectivity index (χ3n) is 3.94. The number of H-pyrrole nitrogens is 1. The second kappa shape index (κ2) is 8.66. The van der Waals surface area contributed by atoms with Crippen LogP contribution < -0.4 is 10.1 Å². The van der Waals surface area contributed by atoms with Crippen molar-refractivity contribution in [3.8, 4) is 17.1 Å². The van der Waals surface area contributed by atoms with E-state index in [-0.39, 0.29) is 11.9 Å². The van der Waals surface area contributed by atoms with Gasteiger partial charge in [0.2, 0.25) is 11.1 Å². The maximum atomic E-state index is 12.5. The first-order valence-electron chi connectivity index (χ1n) is 8.66. The molecule has 1 amide bonds. The molecular formula is C18H21ClN6O2S. The molecule has 28 heavy (non-hydrogen) atoms. The van der Waals surface area contributed by atoms with E-state index in [1.165, 1.54) is 11.8 Å². The van der Waals surface area contributed by atoms with Crippen molar-refractivity contribution in [1.29, 1.82) is 0 Å². The first kappa shape index (κ1) is 20.2. The second-order valence-corrected chi connectivity index (χ2v) is 8.06. The van der Waals surface area contributed by atoms with E-state index in [4.69, 9.17) is 16.3 Å². The molecule has 2 aromatic heterocycles. The number of hydrogen-bond donors (Lipinski definition) is 2. The Balaban J connectivity index is 1.70. The van der Waals surface area contributed by atoms with Crippen molar-refractivity contribution in [2.75, 3.05) is 12.4 Å². The summed E-state index contributed by atoms with van der Waals surface area (Å²) in [6.45, 7) is 5.80. The predicted molar refractivity (Wildman–Crippen MR) is 110 cm³/mol. The first-order chi connectivity index (χ1) is 13.4. The summed E-state index contributed by atoms with van der Waals surface area (Å²) in [5.41, 5.74) is 0.701. The number of halogens is 1. The molecule has 0 bridgehead atoms. The van der Waals surface area contributed by atoms with Gasteiger partial charge in [-0.2, -0.15) is 5.10 Å². The number of hydrogen-bond acceptors (Lipinski definition) is 6. The van der Waals surface area contributed by atoms with Crippen LogP contribution in [0.3, 0.4) is 0 Å². The average Bonchev–Trinajstić information content (AvgIpc) is 3.31. The van der Waals surface area contributed by atoms with Crippen LogP contribution in [0.4, 0.5) is 5.82 Å². The van der Waals surface area contributed by atoms with E-state index in [1.807, 2.05) is 13.8 Å². The smallest absolute Gasteiger partial charge is 0.238 e. The van der Waals surface area contributed by atoms with Gasteiger partial charge in [0.15, 0.2) is 5.82 Å². The molecule has 0 aliphatic carbocycles. The standard InChI is InChI=1S/C18H21ClN6O2S/c1-10(2)25-15(7-8-20-25)21-17(26)11(3)28-18-22-16(23-24-18)13-9-12(19)5-6-14(13)27-4/h5-11H,1-4H3,(H,21,26)(H,22,23,24). The zero-order valence-electron chi connectivity index (χ0n) is 15.9. The largest absolute Gasteiger partial charge is 0.496 e. The lowest BCUT2D eigenvalue weighted by molar-refractivity contribution is -0.115. The van der Waals surface area contributed by atoms with E-state index < -0.39 is 5.25 Å². The van der Waals surface area contributed by atoms with Crippen LogP contribution in [0, 0.1) is 0 Å². The molecule has 8 nitrogen and oxygen atoms in total. The van der Waals surface area contributed by atoms with Crippen LogP contribution >= 0.6 is 23.4 Å².